The van der Waals surface area contributed by atoms with Crippen molar-refractivity contribution in [3.8, 4) is 0 Å². The van der Waals surface area contributed by atoms with Gasteiger partial charge in [-0.25, -0.2) is 0 Å². The minimum Gasteiger partial charge on any atom is -0.352 e. The molecule has 138 valence electrons. The summed E-state index contributed by atoms with van der Waals surface area (Å²) in [5, 5.41) is 5.82. The highest BCUT2D eigenvalue weighted by Crippen LogP contribution is 2.26. The number of nitrogens with one attached hydrogen (secondary N) is 2. The molecule has 0 unspecified atom stereocenters. The van der Waals surface area contributed by atoms with Crippen LogP contribution in [0.4, 0.5) is 0 Å². The van der Waals surface area contributed by atoms with Crippen LogP contribution in [-0.2, 0) is 11.3 Å². The molecule has 1 aromatic rings. The molecule has 25 heavy (non-hydrogen) atoms. The van der Waals surface area contributed by atoms with Crippen LogP contribution in [0.3, 0.4) is 0 Å². The van der Waals surface area contributed by atoms with Crippen molar-refractivity contribution >= 4 is 11.8 Å². The zero-order valence-electron chi connectivity index (χ0n) is 15.3. The summed E-state index contributed by atoms with van der Waals surface area (Å²) in [6.45, 7) is 1.90. The molecule has 2 amide bonds. The molecule has 0 spiro atoms. The number of hydrogen-bond donors (Lipinski definition) is 3. The van der Waals surface area contributed by atoms with E-state index >= 15 is 0 Å². The first-order valence-electron chi connectivity index (χ1n) is 9.00. The highest BCUT2D eigenvalue weighted by Gasteiger charge is 2.25. The topological polar surface area (TPSA) is 87.5 Å². The standard InChI is InChI=1S/C19H30N4O2/c1-23(2)11-10-21-19(25)15-8-6-14(7-9-15)13-22-18(24)12-16-4-3-5-17(16)20/h6-9,16-17H,3-5,10-13,20H2,1-2H3,(H,21,25)(H,22,24)/t16-,17+/m0/s1. The lowest BCUT2D eigenvalue weighted by Crippen LogP contribution is -2.31. The van der Waals surface area contributed by atoms with Gasteiger partial charge in [0.05, 0.1) is 0 Å². The van der Waals surface area contributed by atoms with Crippen LogP contribution >= 0.6 is 0 Å². The molecule has 6 nitrogen and oxygen atoms in total. The summed E-state index contributed by atoms with van der Waals surface area (Å²) in [4.78, 5) is 26.1. The lowest BCUT2D eigenvalue weighted by Gasteiger charge is -2.15. The van der Waals surface area contributed by atoms with Gasteiger partial charge in [0.15, 0.2) is 0 Å². The predicted molar refractivity (Wildman–Crippen MR) is 99.1 cm³/mol. The highest BCUT2D eigenvalue weighted by molar-refractivity contribution is 5.94. The van der Waals surface area contributed by atoms with Crippen LogP contribution in [0.1, 0.15) is 41.6 Å². The van der Waals surface area contributed by atoms with Crippen molar-refractivity contribution in [1.29, 1.82) is 0 Å². The van der Waals surface area contributed by atoms with Gasteiger partial charge in [0, 0.05) is 37.7 Å². The van der Waals surface area contributed by atoms with E-state index in [1.165, 1.54) is 0 Å². The second-order valence-corrected chi connectivity index (χ2v) is 7.09. The third kappa shape index (κ3) is 6.48. The Bertz CT molecular complexity index is 571. The molecule has 4 N–H and O–H groups in total. The Labute approximate surface area is 150 Å². The van der Waals surface area contributed by atoms with Crippen molar-refractivity contribution in [2.45, 2.75) is 38.3 Å². The normalized spacial score (nSPS) is 19.8. The summed E-state index contributed by atoms with van der Waals surface area (Å²) >= 11 is 0. The van der Waals surface area contributed by atoms with Crippen molar-refractivity contribution in [1.82, 2.24) is 15.5 Å². The fourth-order valence-electron chi connectivity index (χ4n) is 3.10. The molecule has 1 aliphatic carbocycles. The summed E-state index contributed by atoms with van der Waals surface area (Å²) in [5.74, 6) is 0.286. The van der Waals surface area contributed by atoms with Gasteiger partial charge in [-0.05, 0) is 50.6 Å². The summed E-state index contributed by atoms with van der Waals surface area (Å²) in [5.41, 5.74) is 7.62. The smallest absolute Gasteiger partial charge is 0.251 e. The van der Waals surface area contributed by atoms with E-state index in [1.807, 2.05) is 31.1 Å². The minimum atomic E-state index is -0.0762. The fourth-order valence-corrected chi connectivity index (χ4v) is 3.10. The average Bonchev–Trinajstić information content (AvgIpc) is 2.98. The maximum atomic E-state index is 12.0. The molecule has 0 radical (unpaired) electrons. The Kier molecular flexibility index (Phi) is 7.40. The van der Waals surface area contributed by atoms with Gasteiger partial charge in [0.1, 0.15) is 0 Å². The maximum absolute atomic E-state index is 12.0. The number of carbonyl (C=O) groups is 2. The lowest BCUT2D eigenvalue weighted by molar-refractivity contribution is -0.122. The van der Waals surface area contributed by atoms with Gasteiger partial charge in [-0.1, -0.05) is 18.6 Å². The van der Waals surface area contributed by atoms with Gasteiger partial charge in [0.25, 0.3) is 5.91 Å². The Morgan fingerprint density at radius 2 is 1.88 bits per heavy atom. The lowest BCUT2D eigenvalue weighted by atomic mass is 10.00. The van der Waals surface area contributed by atoms with E-state index in [4.69, 9.17) is 5.73 Å². The Balaban J connectivity index is 1.74. The Morgan fingerprint density at radius 1 is 1.16 bits per heavy atom. The monoisotopic (exact) mass is 346 g/mol. The molecule has 0 saturated heterocycles. The van der Waals surface area contributed by atoms with Crippen LogP contribution in [0.5, 0.6) is 0 Å². The largest absolute Gasteiger partial charge is 0.352 e. The van der Waals surface area contributed by atoms with Crippen LogP contribution in [-0.4, -0.2) is 49.9 Å². The van der Waals surface area contributed by atoms with Crippen LogP contribution in [0.15, 0.2) is 24.3 Å². The molecule has 1 fully saturated rings. The van der Waals surface area contributed by atoms with E-state index in [-0.39, 0.29) is 17.9 Å². The van der Waals surface area contributed by atoms with E-state index in [9.17, 15) is 9.59 Å². The van der Waals surface area contributed by atoms with Crippen LogP contribution in [0.2, 0.25) is 0 Å². The molecule has 2 rings (SSSR count). The molecule has 0 heterocycles. The minimum absolute atomic E-state index is 0.0489. The maximum Gasteiger partial charge on any atom is 0.251 e. The number of nitrogens with zero attached hydrogens (tertiary/aromatic N) is 1. The molecule has 6 heteroatoms. The van der Waals surface area contributed by atoms with Crippen molar-refractivity contribution in [3.05, 3.63) is 35.4 Å². The van der Waals surface area contributed by atoms with Crippen LogP contribution in [0, 0.1) is 5.92 Å². The zero-order chi connectivity index (χ0) is 18.2. The highest BCUT2D eigenvalue weighted by atomic mass is 16.2. The first-order valence-corrected chi connectivity index (χ1v) is 9.00. The number of rotatable bonds is 8. The summed E-state index contributed by atoms with van der Waals surface area (Å²) in [7, 11) is 3.94. The molecule has 0 bridgehead atoms. The second-order valence-electron chi connectivity index (χ2n) is 7.09. The quantitative estimate of drug-likeness (QED) is 0.658. The third-order valence-corrected chi connectivity index (χ3v) is 4.72. The van der Waals surface area contributed by atoms with E-state index in [2.05, 4.69) is 10.6 Å². The molecule has 0 aromatic heterocycles. The van der Waals surface area contributed by atoms with E-state index in [0.29, 0.717) is 31.0 Å². The van der Waals surface area contributed by atoms with Gasteiger partial charge in [-0.2, -0.15) is 0 Å². The molecular weight excluding hydrogens is 316 g/mol. The van der Waals surface area contributed by atoms with Crippen molar-refractivity contribution in [2.24, 2.45) is 11.7 Å². The Hall–Kier alpha value is -1.92. The summed E-state index contributed by atoms with van der Waals surface area (Å²) in [6.07, 6.45) is 3.70. The van der Waals surface area contributed by atoms with E-state index < -0.39 is 0 Å². The zero-order valence-corrected chi connectivity index (χ0v) is 15.3. The summed E-state index contributed by atoms with van der Waals surface area (Å²) < 4.78 is 0. The van der Waals surface area contributed by atoms with Crippen molar-refractivity contribution in [3.63, 3.8) is 0 Å². The van der Waals surface area contributed by atoms with Crippen LogP contribution < -0.4 is 16.4 Å². The number of carbonyl (C=O) groups excluding carboxylic acids is 2. The number of benzene rings is 1. The molecule has 1 saturated carbocycles. The fraction of sp³-hybridized carbons (Fsp3) is 0.579. The Morgan fingerprint density at radius 3 is 2.48 bits per heavy atom. The molecule has 0 aliphatic heterocycles. The third-order valence-electron chi connectivity index (χ3n) is 4.72. The number of likely N-dealkylation sites (N-methyl/N-ethyl adjacent to an activating group) is 1. The molecule has 1 aromatic carbocycles. The second kappa shape index (κ2) is 9.53. The van der Waals surface area contributed by atoms with E-state index in [1.54, 1.807) is 12.1 Å². The SMILES string of the molecule is CN(C)CCNC(=O)c1ccc(CNC(=O)C[C@@H]2CCC[C@H]2N)cc1. The van der Waals surface area contributed by atoms with Crippen molar-refractivity contribution < 1.29 is 9.59 Å². The first kappa shape index (κ1) is 19.4. The number of nitrogens with two attached hydrogens (primary N) is 1. The summed E-state index contributed by atoms with van der Waals surface area (Å²) in [6, 6.07) is 7.50. The van der Waals surface area contributed by atoms with Gasteiger partial charge >= 0.3 is 0 Å². The van der Waals surface area contributed by atoms with Gasteiger partial charge < -0.3 is 21.3 Å². The van der Waals surface area contributed by atoms with Crippen LogP contribution in [0.25, 0.3) is 0 Å². The number of hydrogen-bond acceptors (Lipinski definition) is 4. The molecule has 1 aliphatic rings. The molecule has 2 atom stereocenters. The number of amides is 2. The predicted octanol–water partition coefficient (Wildman–Crippen LogP) is 1.11. The average molecular weight is 346 g/mol. The van der Waals surface area contributed by atoms with Crippen molar-refractivity contribution in [2.75, 3.05) is 27.2 Å². The van der Waals surface area contributed by atoms with Gasteiger partial charge in [0.2, 0.25) is 5.91 Å². The van der Waals surface area contributed by atoms with Gasteiger partial charge in [-0.3, -0.25) is 9.59 Å². The van der Waals surface area contributed by atoms with E-state index in [0.717, 1.165) is 31.4 Å². The van der Waals surface area contributed by atoms with Gasteiger partial charge in [-0.15, -0.1) is 0 Å². The first-order chi connectivity index (χ1) is 12.0. The molecular formula is C19H30N4O2.